The molecule has 6 nitrogen and oxygen atoms in total. The van der Waals surface area contributed by atoms with Crippen LogP contribution in [0.15, 0.2) is 36.4 Å². The molecule has 0 aliphatic heterocycles. The topological polar surface area (TPSA) is 97.4 Å². The van der Waals surface area contributed by atoms with Gasteiger partial charge in [0.2, 0.25) is 0 Å². The average molecular weight is 417 g/mol. The highest BCUT2D eigenvalue weighted by Gasteiger charge is 2.30. The Morgan fingerprint density at radius 1 is 1.23 bits per heavy atom. The fourth-order valence-electron chi connectivity index (χ4n) is 2.93. The highest BCUT2D eigenvalue weighted by molar-refractivity contribution is 5.94. The number of amides is 1. The highest BCUT2D eigenvalue weighted by Crippen LogP contribution is 2.33. The number of nitrogens with two attached hydrogens (primary N) is 1. The average Bonchev–Trinajstić information content (AvgIpc) is 3.55. The molecule has 1 aliphatic rings. The Balaban J connectivity index is 1.74. The minimum atomic E-state index is -1.45. The second-order valence-corrected chi connectivity index (χ2v) is 7.19. The van der Waals surface area contributed by atoms with Gasteiger partial charge in [0, 0.05) is 18.7 Å². The summed E-state index contributed by atoms with van der Waals surface area (Å²) in [5.74, 6) is -2.20. The van der Waals surface area contributed by atoms with E-state index in [9.17, 15) is 13.6 Å². The molecule has 0 aromatic heterocycles. The fourth-order valence-corrected chi connectivity index (χ4v) is 2.93. The SMILES string of the molecule is CCO[C@H](C(=O)NCc1ccc(C(=N)N)cc1)c1c(F)ccc(OCC2CC2)c1F. The molecule has 1 aliphatic carbocycles. The van der Waals surface area contributed by atoms with Gasteiger partial charge in [-0.05, 0) is 43.4 Å². The molecular weight excluding hydrogens is 392 g/mol. The Morgan fingerprint density at radius 3 is 2.53 bits per heavy atom. The van der Waals surface area contributed by atoms with Gasteiger partial charge < -0.3 is 20.5 Å². The standard InChI is InChI=1S/C22H25F2N3O3/c1-2-29-20(22(28)27-11-13-5-7-15(8-6-13)21(25)26)18-16(23)9-10-17(19(18)24)30-12-14-3-4-14/h5-10,14,20H,2-4,11-12H2,1H3,(H3,25,26)(H,27,28)/t20-/m0/s1. The van der Waals surface area contributed by atoms with Gasteiger partial charge in [-0.3, -0.25) is 10.2 Å². The van der Waals surface area contributed by atoms with Crippen LogP contribution in [0.4, 0.5) is 8.78 Å². The summed E-state index contributed by atoms with van der Waals surface area (Å²) in [7, 11) is 0. The Morgan fingerprint density at radius 2 is 1.93 bits per heavy atom. The summed E-state index contributed by atoms with van der Waals surface area (Å²) >= 11 is 0. The molecule has 0 saturated heterocycles. The van der Waals surface area contributed by atoms with Crippen molar-refractivity contribution in [3.63, 3.8) is 0 Å². The van der Waals surface area contributed by atoms with Crippen LogP contribution in [0.5, 0.6) is 5.75 Å². The van der Waals surface area contributed by atoms with Gasteiger partial charge in [-0.1, -0.05) is 24.3 Å². The van der Waals surface area contributed by atoms with E-state index in [1.165, 1.54) is 6.07 Å². The van der Waals surface area contributed by atoms with Crippen molar-refractivity contribution in [3.05, 3.63) is 64.7 Å². The molecule has 1 atom stereocenters. The first-order valence-corrected chi connectivity index (χ1v) is 9.84. The van der Waals surface area contributed by atoms with Gasteiger partial charge in [-0.15, -0.1) is 0 Å². The molecule has 160 valence electrons. The molecular formula is C22H25F2N3O3. The van der Waals surface area contributed by atoms with Crippen LogP contribution in [0.3, 0.4) is 0 Å². The molecule has 0 radical (unpaired) electrons. The number of nitrogens with one attached hydrogen (secondary N) is 2. The van der Waals surface area contributed by atoms with Crippen molar-refractivity contribution in [1.82, 2.24) is 5.32 Å². The zero-order chi connectivity index (χ0) is 21.7. The van der Waals surface area contributed by atoms with Crippen molar-refractivity contribution < 1.29 is 23.0 Å². The predicted molar refractivity (Wildman–Crippen MR) is 108 cm³/mol. The number of ether oxygens (including phenoxy) is 2. The Bertz CT molecular complexity index is 915. The van der Waals surface area contributed by atoms with Crippen molar-refractivity contribution in [3.8, 4) is 5.75 Å². The van der Waals surface area contributed by atoms with Crippen LogP contribution >= 0.6 is 0 Å². The van der Waals surface area contributed by atoms with Crippen molar-refractivity contribution in [2.75, 3.05) is 13.2 Å². The van der Waals surface area contributed by atoms with E-state index in [-0.39, 0.29) is 24.7 Å². The van der Waals surface area contributed by atoms with Crippen LogP contribution in [-0.4, -0.2) is 25.0 Å². The van der Waals surface area contributed by atoms with E-state index in [1.807, 2.05) is 0 Å². The Kier molecular flexibility index (Phi) is 6.99. The number of carbonyl (C=O) groups is 1. The van der Waals surface area contributed by atoms with Crippen LogP contribution in [0.2, 0.25) is 0 Å². The summed E-state index contributed by atoms with van der Waals surface area (Å²) in [5.41, 5.74) is 6.26. The molecule has 1 amide bonds. The molecule has 4 N–H and O–H groups in total. The molecule has 2 aromatic rings. The summed E-state index contributed by atoms with van der Waals surface area (Å²) in [6.07, 6.45) is 0.621. The summed E-state index contributed by atoms with van der Waals surface area (Å²) in [5, 5.41) is 10.0. The van der Waals surface area contributed by atoms with E-state index < -0.39 is 29.2 Å². The number of nitrogen functional groups attached to an aromatic ring is 1. The van der Waals surface area contributed by atoms with Gasteiger partial charge in [-0.25, -0.2) is 8.78 Å². The molecule has 2 aromatic carbocycles. The first-order chi connectivity index (χ1) is 14.4. The third-order valence-corrected chi connectivity index (χ3v) is 4.83. The van der Waals surface area contributed by atoms with Gasteiger partial charge in [-0.2, -0.15) is 0 Å². The molecule has 0 spiro atoms. The maximum absolute atomic E-state index is 15.0. The lowest BCUT2D eigenvalue weighted by molar-refractivity contribution is -0.133. The predicted octanol–water partition coefficient (Wildman–Crippen LogP) is 3.43. The van der Waals surface area contributed by atoms with Crippen molar-refractivity contribution in [2.24, 2.45) is 11.7 Å². The minimum Gasteiger partial charge on any atom is -0.490 e. The molecule has 1 saturated carbocycles. The van der Waals surface area contributed by atoms with E-state index in [4.69, 9.17) is 20.6 Å². The van der Waals surface area contributed by atoms with E-state index in [0.29, 0.717) is 18.1 Å². The molecule has 0 heterocycles. The van der Waals surface area contributed by atoms with E-state index in [0.717, 1.165) is 24.5 Å². The smallest absolute Gasteiger partial charge is 0.254 e. The molecule has 1 fully saturated rings. The number of amidine groups is 1. The number of hydrogen-bond acceptors (Lipinski definition) is 4. The second kappa shape index (κ2) is 9.67. The maximum Gasteiger partial charge on any atom is 0.254 e. The summed E-state index contributed by atoms with van der Waals surface area (Å²) < 4.78 is 40.3. The van der Waals surface area contributed by atoms with Gasteiger partial charge in [0.15, 0.2) is 17.7 Å². The lowest BCUT2D eigenvalue weighted by Crippen LogP contribution is -2.31. The Labute approximate surface area is 173 Å². The van der Waals surface area contributed by atoms with Gasteiger partial charge in [0.25, 0.3) is 5.91 Å². The number of benzene rings is 2. The number of rotatable bonds is 10. The minimum absolute atomic E-state index is 0.0586. The van der Waals surface area contributed by atoms with Crippen molar-refractivity contribution in [2.45, 2.75) is 32.4 Å². The lowest BCUT2D eigenvalue weighted by atomic mass is 10.1. The van der Waals surface area contributed by atoms with Gasteiger partial charge in [0.05, 0.1) is 12.2 Å². The van der Waals surface area contributed by atoms with Crippen molar-refractivity contribution >= 4 is 11.7 Å². The molecule has 0 bridgehead atoms. The second-order valence-electron chi connectivity index (χ2n) is 7.19. The van der Waals surface area contributed by atoms with Crippen molar-refractivity contribution in [1.29, 1.82) is 5.41 Å². The van der Waals surface area contributed by atoms with Crippen LogP contribution in [0.1, 0.15) is 42.6 Å². The first-order valence-electron chi connectivity index (χ1n) is 9.84. The van der Waals surface area contributed by atoms with Crippen LogP contribution in [-0.2, 0) is 16.1 Å². The van der Waals surface area contributed by atoms with Gasteiger partial charge in [0.1, 0.15) is 11.7 Å². The summed E-state index contributed by atoms with van der Waals surface area (Å²) in [6, 6.07) is 9.04. The summed E-state index contributed by atoms with van der Waals surface area (Å²) in [6.45, 7) is 2.23. The third-order valence-electron chi connectivity index (χ3n) is 4.83. The highest BCUT2D eigenvalue weighted by atomic mass is 19.1. The maximum atomic E-state index is 15.0. The zero-order valence-electron chi connectivity index (χ0n) is 16.7. The number of carbonyl (C=O) groups excluding carboxylic acids is 1. The summed E-state index contributed by atoms with van der Waals surface area (Å²) in [4.78, 5) is 12.7. The quantitative estimate of drug-likeness (QED) is 0.408. The third kappa shape index (κ3) is 5.33. The Hall–Kier alpha value is -3.00. The van der Waals surface area contributed by atoms with E-state index in [1.54, 1.807) is 31.2 Å². The zero-order valence-corrected chi connectivity index (χ0v) is 16.7. The molecule has 30 heavy (non-hydrogen) atoms. The van der Waals surface area contributed by atoms with E-state index in [2.05, 4.69) is 5.32 Å². The monoisotopic (exact) mass is 417 g/mol. The molecule has 8 heteroatoms. The number of halogens is 2. The normalized spacial score (nSPS) is 14.2. The van der Waals surface area contributed by atoms with Crippen LogP contribution in [0, 0.1) is 23.0 Å². The lowest BCUT2D eigenvalue weighted by Gasteiger charge is -2.20. The largest absolute Gasteiger partial charge is 0.490 e. The van der Waals surface area contributed by atoms with Gasteiger partial charge >= 0.3 is 0 Å². The first kappa shape index (κ1) is 21.7. The molecule has 0 unspecified atom stereocenters. The molecule has 3 rings (SSSR count). The number of hydrogen-bond donors (Lipinski definition) is 3. The van der Waals surface area contributed by atoms with Crippen LogP contribution < -0.4 is 15.8 Å². The fraction of sp³-hybridized carbons (Fsp3) is 0.364. The van der Waals surface area contributed by atoms with E-state index >= 15 is 0 Å². The van der Waals surface area contributed by atoms with Crippen LogP contribution in [0.25, 0.3) is 0 Å².